The molecule has 54 heavy (non-hydrogen) atoms. The van der Waals surface area contributed by atoms with E-state index in [0.717, 1.165) is 29.8 Å². The molecule has 0 bridgehead atoms. The molecule has 0 spiro atoms. The zero-order chi connectivity index (χ0) is 40.1. The average molecular weight is 772 g/mol. The third kappa shape index (κ3) is 8.84. The number of carbonyl (C=O) groups excluding carboxylic acids is 2. The second-order valence-electron chi connectivity index (χ2n) is 17.2. The molecule has 0 saturated carbocycles. The molecular weight excluding hydrogens is 720 g/mol. The van der Waals surface area contributed by atoms with Crippen LogP contribution in [0, 0.1) is 23.4 Å². The predicted molar refractivity (Wildman–Crippen MR) is 203 cm³/mol. The number of hydrogen-bond acceptors (Lipinski definition) is 9. The minimum absolute atomic E-state index is 0.0513. The number of nitrogens with zero attached hydrogens (tertiary/aromatic N) is 3. The first-order valence-corrected chi connectivity index (χ1v) is 21.0. The monoisotopic (exact) mass is 771 g/mol. The third-order valence-electron chi connectivity index (χ3n) is 10.2. The second kappa shape index (κ2) is 14.8. The highest BCUT2D eigenvalue weighted by molar-refractivity contribution is 6.74. The van der Waals surface area contributed by atoms with Crippen molar-refractivity contribution in [2.75, 3.05) is 29.9 Å². The van der Waals surface area contributed by atoms with Crippen LogP contribution < -0.4 is 20.3 Å². The standard InChI is InChI=1S/C39H52F3N5O6Si/c1-21-19-47(20-29(46-36(49)52-37(2,3)4)33(21)53-54(10,11)38(5,6)7)32-23-14-15-51-35(23)43-18-28(32)45-34(48)27-13-12-24(40)31(44-27)30-25(41)16-22(17-26(30)42)39(8,9)50/h12-13,16-18,21,29,33,50H,14-15,19-20H2,1-11H3,(H,45,48)(H,46,49)/t21-,29+,33+/m0/s1. The Bertz CT molecular complexity index is 1900. The SMILES string of the molecule is C[C@H]1CN(c2c(NC(=O)c3ccc(F)c(-c4c(F)cc(C(C)(C)O)cc4F)n3)cnc3c2CCO3)C[C@@H](NC(=O)OC(C)(C)C)[C@@H]1O[Si](C)(C)C(C)(C)C. The smallest absolute Gasteiger partial charge is 0.408 e. The lowest BCUT2D eigenvalue weighted by molar-refractivity contribution is 0.0336. The number of halogens is 3. The Morgan fingerprint density at radius 1 is 1.00 bits per heavy atom. The summed E-state index contributed by atoms with van der Waals surface area (Å²) in [7, 11) is -2.30. The van der Waals surface area contributed by atoms with Crippen molar-refractivity contribution < 1.29 is 41.8 Å². The molecule has 5 rings (SSSR count). The van der Waals surface area contributed by atoms with Crippen molar-refractivity contribution >= 4 is 31.7 Å². The van der Waals surface area contributed by atoms with E-state index in [0.29, 0.717) is 43.4 Å². The van der Waals surface area contributed by atoms with Crippen molar-refractivity contribution in [3.05, 3.63) is 64.7 Å². The highest BCUT2D eigenvalue weighted by Gasteiger charge is 2.46. The number of nitrogens with one attached hydrogen (secondary N) is 2. The molecule has 2 aromatic heterocycles. The summed E-state index contributed by atoms with van der Waals surface area (Å²) in [5.74, 6) is -3.81. The van der Waals surface area contributed by atoms with Crippen LogP contribution in [-0.4, -0.2) is 72.8 Å². The van der Waals surface area contributed by atoms with Crippen molar-refractivity contribution in [3.63, 3.8) is 0 Å². The lowest BCUT2D eigenvalue weighted by Gasteiger charge is -2.49. The van der Waals surface area contributed by atoms with E-state index in [-0.39, 0.29) is 28.3 Å². The molecule has 1 saturated heterocycles. The summed E-state index contributed by atoms with van der Waals surface area (Å²) in [6, 6.07) is 3.33. The minimum atomic E-state index is -2.30. The molecule has 294 valence electrons. The number of aliphatic hydroxyl groups is 1. The largest absolute Gasteiger partial charge is 0.477 e. The van der Waals surface area contributed by atoms with E-state index >= 15 is 13.2 Å². The number of ether oxygens (including phenoxy) is 2. The van der Waals surface area contributed by atoms with Crippen LogP contribution in [0.1, 0.15) is 83.9 Å². The molecule has 0 radical (unpaired) electrons. The Balaban J connectivity index is 1.50. The van der Waals surface area contributed by atoms with Gasteiger partial charge in [0.25, 0.3) is 5.91 Å². The maximum absolute atomic E-state index is 15.2. The summed E-state index contributed by atoms with van der Waals surface area (Å²) in [4.78, 5) is 37.6. The van der Waals surface area contributed by atoms with E-state index < -0.39 is 66.3 Å². The summed E-state index contributed by atoms with van der Waals surface area (Å²) in [6.07, 6.45) is 1.02. The fourth-order valence-corrected chi connectivity index (χ4v) is 7.84. The van der Waals surface area contributed by atoms with Gasteiger partial charge in [-0.25, -0.2) is 27.9 Å². The lowest BCUT2D eigenvalue weighted by atomic mass is 9.91. The van der Waals surface area contributed by atoms with Crippen LogP contribution in [0.4, 0.5) is 29.3 Å². The van der Waals surface area contributed by atoms with E-state index in [2.05, 4.69) is 66.3 Å². The van der Waals surface area contributed by atoms with E-state index in [1.807, 2.05) is 0 Å². The topological polar surface area (TPSA) is 135 Å². The van der Waals surface area contributed by atoms with Crippen LogP contribution in [0.3, 0.4) is 0 Å². The zero-order valence-electron chi connectivity index (χ0n) is 32.9. The van der Waals surface area contributed by atoms with Crippen molar-refractivity contribution in [2.45, 2.75) is 110 Å². The lowest BCUT2D eigenvalue weighted by Crippen LogP contribution is -2.63. The summed E-state index contributed by atoms with van der Waals surface area (Å²) < 4.78 is 64.0. The number of amides is 2. The molecule has 1 fully saturated rings. The summed E-state index contributed by atoms with van der Waals surface area (Å²) in [5, 5.41) is 16.1. The predicted octanol–water partition coefficient (Wildman–Crippen LogP) is 7.72. The molecule has 3 atom stereocenters. The van der Waals surface area contributed by atoms with Gasteiger partial charge in [0.05, 0.1) is 47.5 Å². The fourth-order valence-electron chi connectivity index (χ4n) is 6.41. The van der Waals surface area contributed by atoms with Crippen molar-refractivity contribution in [1.82, 2.24) is 15.3 Å². The molecule has 4 heterocycles. The number of carbonyl (C=O) groups is 2. The highest BCUT2D eigenvalue weighted by Crippen LogP contribution is 2.43. The van der Waals surface area contributed by atoms with Crippen LogP contribution >= 0.6 is 0 Å². The molecule has 11 nitrogen and oxygen atoms in total. The number of pyridine rings is 2. The van der Waals surface area contributed by atoms with E-state index in [1.165, 1.54) is 20.0 Å². The molecular formula is C39H52F3N5O6Si. The number of aromatic nitrogens is 2. The number of hydrogen-bond donors (Lipinski definition) is 3. The first kappa shape index (κ1) is 41.0. The van der Waals surface area contributed by atoms with Gasteiger partial charge in [0.15, 0.2) is 8.32 Å². The van der Waals surface area contributed by atoms with Gasteiger partial charge in [0, 0.05) is 31.0 Å². The molecule has 3 N–H and O–H groups in total. The van der Waals surface area contributed by atoms with Crippen LogP contribution in [0.15, 0.2) is 30.5 Å². The van der Waals surface area contributed by atoms with Crippen molar-refractivity contribution in [3.8, 4) is 17.1 Å². The average Bonchev–Trinajstić information content (AvgIpc) is 3.50. The van der Waals surface area contributed by atoms with E-state index in [1.54, 1.807) is 20.8 Å². The molecule has 2 amide bonds. The van der Waals surface area contributed by atoms with Crippen molar-refractivity contribution in [1.29, 1.82) is 0 Å². The maximum Gasteiger partial charge on any atom is 0.408 e. The van der Waals surface area contributed by atoms with Crippen molar-refractivity contribution in [2.24, 2.45) is 5.92 Å². The number of alkyl carbamates (subject to hydrolysis) is 1. The Morgan fingerprint density at radius 2 is 1.65 bits per heavy atom. The van der Waals surface area contributed by atoms with E-state index in [9.17, 15) is 14.7 Å². The molecule has 1 aromatic carbocycles. The Kier molecular flexibility index (Phi) is 11.2. The Hall–Kier alpha value is -4.21. The van der Waals surface area contributed by atoms with Gasteiger partial charge in [0.2, 0.25) is 5.88 Å². The van der Waals surface area contributed by atoms with E-state index in [4.69, 9.17) is 13.9 Å². The van der Waals surface area contributed by atoms with Gasteiger partial charge < -0.3 is 34.5 Å². The summed E-state index contributed by atoms with van der Waals surface area (Å²) in [5.41, 5.74) is -2.44. The van der Waals surface area contributed by atoms with Crippen LogP contribution in [0.2, 0.25) is 18.1 Å². The first-order valence-electron chi connectivity index (χ1n) is 18.1. The van der Waals surface area contributed by atoms with Gasteiger partial charge >= 0.3 is 6.09 Å². The second-order valence-corrected chi connectivity index (χ2v) is 22.0. The molecule has 2 aliphatic heterocycles. The Labute approximate surface area is 316 Å². The molecule has 3 aromatic rings. The quantitative estimate of drug-likeness (QED) is 0.197. The van der Waals surface area contributed by atoms with Gasteiger partial charge in [-0.15, -0.1) is 0 Å². The molecule has 2 aliphatic rings. The number of anilines is 2. The number of benzene rings is 1. The third-order valence-corrected chi connectivity index (χ3v) is 14.6. The van der Waals surface area contributed by atoms with Gasteiger partial charge in [-0.05, 0) is 82.6 Å². The minimum Gasteiger partial charge on any atom is -0.477 e. The molecule has 0 unspecified atom stereocenters. The number of fused-ring (bicyclic) bond motifs is 1. The normalized spacial score (nSPS) is 19.2. The van der Waals surface area contributed by atoms with Crippen LogP contribution in [0.5, 0.6) is 5.88 Å². The summed E-state index contributed by atoms with van der Waals surface area (Å²) in [6.45, 7) is 22.1. The maximum atomic E-state index is 15.2. The number of rotatable bonds is 8. The zero-order valence-corrected chi connectivity index (χ0v) is 33.9. The van der Waals surface area contributed by atoms with Crippen LogP contribution in [0.25, 0.3) is 11.3 Å². The van der Waals surface area contributed by atoms with Gasteiger partial charge in [-0.2, -0.15) is 0 Å². The summed E-state index contributed by atoms with van der Waals surface area (Å²) >= 11 is 0. The van der Waals surface area contributed by atoms with Crippen LogP contribution in [-0.2, 0) is 21.2 Å². The highest BCUT2D eigenvalue weighted by atomic mass is 28.4. The van der Waals surface area contributed by atoms with Gasteiger partial charge in [-0.1, -0.05) is 27.7 Å². The Morgan fingerprint density at radius 3 is 2.24 bits per heavy atom. The van der Waals surface area contributed by atoms with Gasteiger partial charge in [-0.3, -0.25) is 4.79 Å². The molecule has 15 heteroatoms. The van der Waals surface area contributed by atoms with Gasteiger partial charge in [0.1, 0.15) is 34.4 Å². The fraction of sp³-hybridized carbons (Fsp3) is 0.538. The molecule has 0 aliphatic carbocycles. The first-order chi connectivity index (χ1) is 24.9. The number of piperidine rings is 1.